The highest BCUT2D eigenvalue weighted by Gasteiger charge is 2.13. The first-order valence-corrected chi connectivity index (χ1v) is 6.84. The molecule has 0 heterocycles. The van der Waals surface area contributed by atoms with E-state index in [9.17, 15) is 13.6 Å². The highest BCUT2D eigenvalue weighted by Crippen LogP contribution is 2.25. The van der Waals surface area contributed by atoms with E-state index in [0.717, 1.165) is 30.0 Å². The number of halogens is 2. The third kappa shape index (κ3) is 3.36. The first kappa shape index (κ1) is 14.5. The van der Waals surface area contributed by atoms with Crippen LogP contribution in [0.4, 0.5) is 8.78 Å². The average molecular weight is 294 g/mol. The van der Waals surface area contributed by atoms with E-state index >= 15 is 0 Å². The Hall–Kier alpha value is -1.88. The Balaban J connectivity index is 2.11. The Morgan fingerprint density at radius 1 is 1.20 bits per heavy atom. The summed E-state index contributed by atoms with van der Waals surface area (Å²) in [7, 11) is 1.48. The lowest BCUT2D eigenvalue weighted by molar-refractivity contribution is 0.101. The van der Waals surface area contributed by atoms with Gasteiger partial charge in [-0.25, -0.2) is 8.78 Å². The second kappa shape index (κ2) is 6.52. The number of ketones is 1. The maximum atomic E-state index is 13.4. The zero-order valence-electron chi connectivity index (χ0n) is 10.7. The Morgan fingerprint density at radius 2 is 1.95 bits per heavy atom. The molecule has 0 aliphatic carbocycles. The summed E-state index contributed by atoms with van der Waals surface area (Å²) in [5.74, 6) is -0.780. The van der Waals surface area contributed by atoms with Gasteiger partial charge in [0.25, 0.3) is 0 Å². The highest BCUT2D eigenvalue weighted by molar-refractivity contribution is 8.00. The van der Waals surface area contributed by atoms with Gasteiger partial charge < -0.3 is 4.74 Å². The molecule has 0 radical (unpaired) electrons. The van der Waals surface area contributed by atoms with Crippen molar-refractivity contribution in [3.63, 3.8) is 0 Å². The van der Waals surface area contributed by atoms with Gasteiger partial charge in [-0.3, -0.25) is 4.79 Å². The van der Waals surface area contributed by atoms with Crippen LogP contribution in [-0.4, -0.2) is 18.6 Å². The second-order valence-corrected chi connectivity index (χ2v) is 5.00. The monoisotopic (exact) mass is 294 g/mol. The molecule has 0 spiro atoms. The topological polar surface area (TPSA) is 26.3 Å². The molecule has 0 aliphatic heterocycles. The molecular formula is C15H12F2O2S. The minimum absolute atomic E-state index is 0.0146. The van der Waals surface area contributed by atoms with E-state index in [1.807, 2.05) is 0 Å². The van der Waals surface area contributed by atoms with Crippen molar-refractivity contribution >= 4 is 17.5 Å². The molecular weight excluding hydrogens is 282 g/mol. The normalized spacial score (nSPS) is 10.3. The third-order valence-corrected chi connectivity index (χ3v) is 3.69. The van der Waals surface area contributed by atoms with Gasteiger partial charge in [0.1, 0.15) is 17.4 Å². The molecule has 2 rings (SSSR count). The maximum absolute atomic E-state index is 13.4. The summed E-state index contributed by atoms with van der Waals surface area (Å²) in [6, 6.07) is 9.98. The van der Waals surface area contributed by atoms with Gasteiger partial charge in [-0.05, 0) is 30.3 Å². The first-order valence-electron chi connectivity index (χ1n) is 5.86. The molecule has 0 saturated carbocycles. The zero-order chi connectivity index (χ0) is 14.5. The van der Waals surface area contributed by atoms with Gasteiger partial charge in [0.15, 0.2) is 5.78 Å². The van der Waals surface area contributed by atoms with Crippen molar-refractivity contribution in [3.05, 3.63) is 59.7 Å². The van der Waals surface area contributed by atoms with Crippen molar-refractivity contribution in [2.75, 3.05) is 12.9 Å². The Bertz CT molecular complexity index is 629. The largest absolute Gasteiger partial charge is 0.496 e. The minimum atomic E-state index is -0.538. The van der Waals surface area contributed by atoms with E-state index in [2.05, 4.69) is 0 Å². The first-order chi connectivity index (χ1) is 9.61. The molecule has 5 heteroatoms. The molecule has 104 valence electrons. The van der Waals surface area contributed by atoms with Crippen molar-refractivity contribution in [1.29, 1.82) is 0 Å². The number of benzene rings is 2. The van der Waals surface area contributed by atoms with E-state index in [4.69, 9.17) is 4.74 Å². The maximum Gasteiger partial charge on any atom is 0.176 e. The molecule has 0 unspecified atom stereocenters. The average Bonchev–Trinajstić information content (AvgIpc) is 2.47. The lowest BCUT2D eigenvalue weighted by atomic mass is 10.1. The molecule has 0 fully saturated rings. The van der Waals surface area contributed by atoms with Crippen LogP contribution in [0.15, 0.2) is 47.4 Å². The van der Waals surface area contributed by atoms with Crippen LogP contribution in [-0.2, 0) is 0 Å². The molecule has 0 aliphatic rings. The van der Waals surface area contributed by atoms with Crippen LogP contribution in [0.5, 0.6) is 5.75 Å². The van der Waals surface area contributed by atoms with Gasteiger partial charge in [0.2, 0.25) is 0 Å². The van der Waals surface area contributed by atoms with Gasteiger partial charge in [-0.2, -0.15) is 0 Å². The van der Waals surface area contributed by atoms with Crippen LogP contribution in [0.25, 0.3) is 0 Å². The molecule has 0 aromatic heterocycles. The van der Waals surface area contributed by atoms with Gasteiger partial charge in [-0.1, -0.05) is 12.1 Å². The molecule has 0 atom stereocenters. The van der Waals surface area contributed by atoms with Crippen molar-refractivity contribution in [2.45, 2.75) is 4.90 Å². The molecule has 0 amide bonds. The van der Waals surface area contributed by atoms with Gasteiger partial charge in [0, 0.05) is 4.90 Å². The molecule has 0 N–H and O–H groups in total. The fraction of sp³-hybridized carbons (Fsp3) is 0.133. The van der Waals surface area contributed by atoms with E-state index in [1.54, 1.807) is 24.3 Å². The van der Waals surface area contributed by atoms with Crippen LogP contribution < -0.4 is 4.74 Å². The predicted octanol–water partition coefficient (Wildman–Crippen LogP) is 3.95. The summed E-state index contributed by atoms with van der Waals surface area (Å²) >= 11 is 0.963. The van der Waals surface area contributed by atoms with E-state index < -0.39 is 11.6 Å². The molecule has 2 aromatic rings. The Kier molecular flexibility index (Phi) is 4.74. The Morgan fingerprint density at radius 3 is 2.70 bits per heavy atom. The number of carbonyl (C=O) groups is 1. The number of methoxy groups -OCH3 is 1. The lowest BCUT2D eigenvalue weighted by Crippen LogP contribution is -2.05. The van der Waals surface area contributed by atoms with Gasteiger partial charge in [-0.15, -0.1) is 11.8 Å². The number of hydrogen-bond acceptors (Lipinski definition) is 3. The summed E-state index contributed by atoms with van der Waals surface area (Å²) in [6.07, 6.45) is 0. The SMILES string of the molecule is COc1ccccc1C(=O)CSc1cc(F)ccc1F. The van der Waals surface area contributed by atoms with Crippen LogP contribution >= 0.6 is 11.8 Å². The molecule has 2 nitrogen and oxygen atoms in total. The van der Waals surface area contributed by atoms with E-state index in [0.29, 0.717) is 11.3 Å². The smallest absolute Gasteiger partial charge is 0.176 e. The van der Waals surface area contributed by atoms with Crippen molar-refractivity contribution in [1.82, 2.24) is 0 Å². The number of rotatable bonds is 5. The molecule has 0 bridgehead atoms. The summed E-state index contributed by atoms with van der Waals surface area (Å²) in [6.45, 7) is 0. The third-order valence-electron chi connectivity index (χ3n) is 2.66. The summed E-state index contributed by atoms with van der Waals surface area (Å²) in [4.78, 5) is 12.2. The predicted molar refractivity (Wildman–Crippen MR) is 74.4 cm³/mol. The fourth-order valence-electron chi connectivity index (χ4n) is 1.68. The number of para-hydroxylation sites is 1. The number of ether oxygens (including phenoxy) is 1. The zero-order valence-corrected chi connectivity index (χ0v) is 11.5. The van der Waals surface area contributed by atoms with Crippen LogP contribution in [0, 0.1) is 11.6 Å². The summed E-state index contributed by atoms with van der Waals surface area (Å²) < 4.78 is 31.6. The summed E-state index contributed by atoms with van der Waals surface area (Å²) in [5.41, 5.74) is 0.430. The second-order valence-electron chi connectivity index (χ2n) is 3.99. The minimum Gasteiger partial charge on any atom is -0.496 e. The summed E-state index contributed by atoms with van der Waals surface area (Å²) in [5, 5.41) is 0. The Labute approximate surface area is 119 Å². The van der Waals surface area contributed by atoms with Crippen molar-refractivity contribution in [3.8, 4) is 5.75 Å². The van der Waals surface area contributed by atoms with Crippen molar-refractivity contribution < 1.29 is 18.3 Å². The van der Waals surface area contributed by atoms with Crippen LogP contribution in [0.1, 0.15) is 10.4 Å². The van der Waals surface area contributed by atoms with E-state index in [1.165, 1.54) is 7.11 Å². The quantitative estimate of drug-likeness (QED) is 0.617. The molecule has 0 saturated heterocycles. The van der Waals surface area contributed by atoms with Gasteiger partial charge in [0.05, 0.1) is 18.4 Å². The molecule has 20 heavy (non-hydrogen) atoms. The number of thioether (sulfide) groups is 1. The van der Waals surface area contributed by atoms with Crippen LogP contribution in [0.3, 0.4) is 0 Å². The van der Waals surface area contributed by atoms with Crippen molar-refractivity contribution in [2.24, 2.45) is 0 Å². The standard InChI is InChI=1S/C15H12F2O2S/c1-19-14-5-3-2-4-11(14)13(18)9-20-15-8-10(16)6-7-12(15)17/h2-8H,9H2,1H3. The highest BCUT2D eigenvalue weighted by atomic mass is 32.2. The fourth-order valence-corrected chi connectivity index (χ4v) is 2.53. The number of Topliss-reactive ketones (excluding diaryl/α,β-unsaturated/α-hetero) is 1. The molecule has 2 aromatic carbocycles. The lowest BCUT2D eigenvalue weighted by Gasteiger charge is -2.07. The number of carbonyl (C=O) groups excluding carboxylic acids is 1. The number of hydrogen-bond donors (Lipinski definition) is 0. The van der Waals surface area contributed by atoms with Crippen LogP contribution in [0.2, 0.25) is 0 Å². The van der Waals surface area contributed by atoms with E-state index in [-0.39, 0.29) is 16.4 Å². The van der Waals surface area contributed by atoms with Gasteiger partial charge >= 0.3 is 0 Å².